The van der Waals surface area contributed by atoms with Gasteiger partial charge in [0.05, 0.1) is 0 Å². The normalized spacial score (nSPS) is 10.6. The van der Waals surface area contributed by atoms with Crippen molar-refractivity contribution in [2.45, 2.75) is 13.3 Å². The maximum atomic E-state index is 9.62. The molecular formula is C12H12O2. The average Bonchev–Trinajstić information content (AvgIpc) is 2.18. The molecule has 2 heteroatoms. The number of phenolic OH excluding ortho intramolecular Hbond substituents is 2. The summed E-state index contributed by atoms with van der Waals surface area (Å²) in [6.45, 7) is 1.98. The fourth-order valence-electron chi connectivity index (χ4n) is 1.76. The van der Waals surface area contributed by atoms with E-state index in [2.05, 4.69) is 0 Å². The van der Waals surface area contributed by atoms with E-state index in [0.29, 0.717) is 5.75 Å². The third-order valence-corrected chi connectivity index (χ3v) is 2.48. The van der Waals surface area contributed by atoms with Gasteiger partial charge in [0.25, 0.3) is 0 Å². The Morgan fingerprint density at radius 2 is 1.71 bits per heavy atom. The lowest BCUT2D eigenvalue weighted by Crippen LogP contribution is -1.85. The van der Waals surface area contributed by atoms with Gasteiger partial charge in [-0.2, -0.15) is 0 Å². The Morgan fingerprint density at radius 3 is 2.43 bits per heavy atom. The first-order valence-corrected chi connectivity index (χ1v) is 4.66. The molecule has 0 aliphatic carbocycles. The van der Waals surface area contributed by atoms with Crippen molar-refractivity contribution in [3.05, 3.63) is 35.9 Å². The maximum Gasteiger partial charge on any atom is 0.123 e. The molecule has 0 saturated heterocycles. The summed E-state index contributed by atoms with van der Waals surface area (Å²) in [5.74, 6) is 0.558. The molecule has 0 amide bonds. The lowest BCUT2D eigenvalue weighted by atomic mass is 10.0. The van der Waals surface area contributed by atoms with E-state index in [9.17, 15) is 10.2 Å². The van der Waals surface area contributed by atoms with Crippen LogP contribution in [0.1, 0.15) is 12.5 Å². The van der Waals surface area contributed by atoms with Crippen molar-refractivity contribution in [2.24, 2.45) is 0 Å². The summed E-state index contributed by atoms with van der Waals surface area (Å²) < 4.78 is 0. The fraction of sp³-hybridized carbons (Fsp3) is 0.167. The van der Waals surface area contributed by atoms with Gasteiger partial charge in [-0.15, -0.1) is 0 Å². The van der Waals surface area contributed by atoms with Crippen molar-refractivity contribution in [2.75, 3.05) is 0 Å². The number of aromatic hydroxyl groups is 2. The van der Waals surface area contributed by atoms with Gasteiger partial charge in [0.2, 0.25) is 0 Å². The second-order valence-electron chi connectivity index (χ2n) is 3.29. The number of phenols is 2. The first-order valence-electron chi connectivity index (χ1n) is 4.66. The number of rotatable bonds is 1. The minimum atomic E-state index is 0.261. The molecule has 0 spiro atoms. The van der Waals surface area contributed by atoms with Gasteiger partial charge in [0, 0.05) is 10.9 Å². The van der Waals surface area contributed by atoms with Crippen molar-refractivity contribution in [3.63, 3.8) is 0 Å². The molecular weight excluding hydrogens is 176 g/mol. The molecule has 0 radical (unpaired) electrons. The Balaban J connectivity index is 2.88. The average molecular weight is 188 g/mol. The number of aryl methyl sites for hydroxylation is 1. The van der Waals surface area contributed by atoms with Crippen molar-refractivity contribution < 1.29 is 10.2 Å². The topological polar surface area (TPSA) is 40.5 Å². The summed E-state index contributed by atoms with van der Waals surface area (Å²) in [4.78, 5) is 0. The highest BCUT2D eigenvalue weighted by Crippen LogP contribution is 2.32. The van der Waals surface area contributed by atoms with E-state index >= 15 is 0 Å². The lowest BCUT2D eigenvalue weighted by Gasteiger charge is -2.07. The minimum absolute atomic E-state index is 0.261. The standard InChI is InChI=1S/C12H12O2/c1-2-8-9-4-3-5-11(13)10(9)6-7-12(8)14/h3-7,13-14H,2H2,1H3. The molecule has 14 heavy (non-hydrogen) atoms. The SMILES string of the molecule is CCc1c(O)ccc2c(O)cccc12. The molecule has 2 nitrogen and oxygen atoms in total. The van der Waals surface area contributed by atoms with Crippen molar-refractivity contribution >= 4 is 10.8 Å². The van der Waals surface area contributed by atoms with E-state index in [1.54, 1.807) is 24.3 Å². The Morgan fingerprint density at radius 1 is 0.929 bits per heavy atom. The van der Waals surface area contributed by atoms with Gasteiger partial charge in [0.15, 0.2) is 0 Å². The van der Waals surface area contributed by atoms with E-state index < -0.39 is 0 Å². The van der Waals surface area contributed by atoms with Gasteiger partial charge in [-0.3, -0.25) is 0 Å². The van der Waals surface area contributed by atoms with E-state index in [1.165, 1.54) is 0 Å². The molecule has 0 unspecified atom stereocenters. The van der Waals surface area contributed by atoms with Crippen LogP contribution in [0, 0.1) is 0 Å². The Labute approximate surface area is 82.4 Å². The van der Waals surface area contributed by atoms with Crippen LogP contribution in [0.25, 0.3) is 10.8 Å². The van der Waals surface area contributed by atoms with Crippen LogP contribution >= 0.6 is 0 Å². The van der Waals surface area contributed by atoms with E-state index in [4.69, 9.17) is 0 Å². The fourth-order valence-corrected chi connectivity index (χ4v) is 1.76. The Hall–Kier alpha value is -1.70. The van der Waals surface area contributed by atoms with Gasteiger partial charge in [0.1, 0.15) is 11.5 Å². The van der Waals surface area contributed by atoms with Crippen LogP contribution in [-0.4, -0.2) is 10.2 Å². The monoisotopic (exact) mass is 188 g/mol. The lowest BCUT2D eigenvalue weighted by molar-refractivity contribution is 0.469. The van der Waals surface area contributed by atoms with Crippen LogP contribution in [0.5, 0.6) is 11.5 Å². The first kappa shape index (κ1) is 8.88. The maximum absolute atomic E-state index is 9.62. The highest BCUT2D eigenvalue weighted by atomic mass is 16.3. The number of benzene rings is 2. The predicted octanol–water partition coefficient (Wildman–Crippen LogP) is 2.81. The summed E-state index contributed by atoms with van der Waals surface area (Å²) >= 11 is 0. The van der Waals surface area contributed by atoms with Crippen LogP contribution < -0.4 is 0 Å². The third-order valence-electron chi connectivity index (χ3n) is 2.48. The van der Waals surface area contributed by atoms with Gasteiger partial charge >= 0.3 is 0 Å². The molecule has 0 bridgehead atoms. The molecule has 0 fully saturated rings. The molecule has 2 N–H and O–H groups in total. The van der Waals surface area contributed by atoms with E-state index in [1.807, 2.05) is 13.0 Å². The zero-order valence-electron chi connectivity index (χ0n) is 7.99. The molecule has 0 atom stereocenters. The van der Waals surface area contributed by atoms with Crippen LogP contribution in [0.4, 0.5) is 0 Å². The second-order valence-corrected chi connectivity index (χ2v) is 3.29. The van der Waals surface area contributed by atoms with Gasteiger partial charge in [-0.25, -0.2) is 0 Å². The van der Waals surface area contributed by atoms with Gasteiger partial charge in [-0.05, 0) is 30.0 Å². The second kappa shape index (κ2) is 3.22. The summed E-state index contributed by atoms with van der Waals surface area (Å²) in [7, 11) is 0. The molecule has 0 heterocycles. The smallest absolute Gasteiger partial charge is 0.123 e. The first-order chi connectivity index (χ1) is 6.74. The number of hydrogen-bond acceptors (Lipinski definition) is 2. The summed E-state index contributed by atoms with van der Waals surface area (Å²) in [6.07, 6.45) is 0.757. The number of hydrogen-bond donors (Lipinski definition) is 2. The summed E-state index contributed by atoms with van der Waals surface area (Å²) in [5.41, 5.74) is 0.887. The van der Waals surface area contributed by atoms with E-state index in [-0.39, 0.29) is 5.75 Å². The van der Waals surface area contributed by atoms with Crippen LogP contribution in [0.15, 0.2) is 30.3 Å². The third kappa shape index (κ3) is 1.20. The zero-order valence-corrected chi connectivity index (χ0v) is 7.99. The van der Waals surface area contributed by atoms with Crippen LogP contribution in [0.3, 0.4) is 0 Å². The van der Waals surface area contributed by atoms with Crippen LogP contribution in [-0.2, 0) is 6.42 Å². The van der Waals surface area contributed by atoms with E-state index in [0.717, 1.165) is 22.8 Å². The molecule has 2 aromatic carbocycles. The van der Waals surface area contributed by atoms with Crippen molar-refractivity contribution in [1.82, 2.24) is 0 Å². The molecule has 0 aliphatic rings. The van der Waals surface area contributed by atoms with Crippen molar-refractivity contribution in [1.29, 1.82) is 0 Å². The van der Waals surface area contributed by atoms with Crippen molar-refractivity contribution in [3.8, 4) is 11.5 Å². The quantitative estimate of drug-likeness (QED) is 0.722. The molecule has 0 aliphatic heterocycles. The number of fused-ring (bicyclic) bond motifs is 1. The highest BCUT2D eigenvalue weighted by Gasteiger charge is 2.06. The molecule has 2 rings (SSSR count). The van der Waals surface area contributed by atoms with Crippen LogP contribution in [0.2, 0.25) is 0 Å². The molecule has 72 valence electrons. The molecule has 0 aromatic heterocycles. The highest BCUT2D eigenvalue weighted by molar-refractivity contribution is 5.92. The Bertz CT molecular complexity index is 475. The van der Waals surface area contributed by atoms with Gasteiger partial charge < -0.3 is 10.2 Å². The minimum Gasteiger partial charge on any atom is -0.508 e. The molecule has 2 aromatic rings. The zero-order chi connectivity index (χ0) is 10.1. The molecule has 0 saturated carbocycles. The summed E-state index contributed by atoms with van der Waals surface area (Å²) in [5, 5.41) is 20.9. The predicted molar refractivity (Wildman–Crippen MR) is 56.7 cm³/mol. The Kier molecular flexibility index (Phi) is 2.04. The largest absolute Gasteiger partial charge is 0.508 e. The summed E-state index contributed by atoms with van der Waals surface area (Å²) in [6, 6.07) is 8.71. The van der Waals surface area contributed by atoms with Gasteiger partial charge in [-0.1, -0.05) is 19.1 Å².